The van der Waals surface area contributed by atoms with E-state index in [0.717, 1.165) is 55.4 Å². The molecule has 2 spiro atoms. The monoisotopic (exact) mass is 531 g/mol. The second kappa shape index (κ2) is 8.61. The van der Waals surface area contributed by atoms with Crippen LogP contribution in [0.25, 0.3) is 0 Å². The second-order valence-corrected chi connectivity index (χ2v) is 13.1. The molecular weight excluding hydrogens is 490 g/mol. The van der Waals surface area contributed by atoms with Crippen LogP contribution in [0.2, 0.25) is 0 Å². The minimum Gasteiger partial charge on any atom is -0.497 e. The van der Waals surface area contributed by atoms with Gasteiger partial charge < -0.3 is 23.7 Å². The summed E-state index contributed by atoms with van der Waals surface area (Å²) >= 11 is 0. The van der Waals surface area contributed by atoms with Gasteiger partial charge in [-0.15, -0.1) is 0 Å². The van der Waals surface area contributed by atoms with E-state index in [1.54, 1.807) is 14.2 Å². The van der Waals surface area contributed by atoms with Crippen molar-refractivity contribution in [3.63, 3.8) is 0 Å². The van der Waals surface area contributed by atoms with Crippen LogP contribution in [0.1, 0.15) is 55.2 Å². The van der Waals surface area contributed by atoms with Crippen molar-refractivity contribution in [2.24, 2.45) is 17.3 Å². The molecule has 6 atom stereocenters. The summed E-state index contributed by atoms with van der Waals surface area (Å²) in [6, 6.07) is 13.2. The number of hydrogen-bond donors (Lipinski definition) is 0. The number of fused-ring (bicyclic) bond motifs is 2. The fourth-order valence-corrected chi connectivity index (χ4v) is 9.94. The zero-order valence-corrected chi connectivity index (χ0v) is 23.5. The van der Waals surface area contributed by atoms with Crippen LogP contribution in [-0.4, -0.2) is 63.7 Å². The number of benzene rings is 2. The number of piperidine rings is 1. The average Bonchev–Trinajstić information content (AvgIpc) is 3.71. The predicted octanol–water partition coefficient (Wildman–Crippen LogP) is 5.15. The summed E-state index contributed by atoms with van der Waals surface area (Å²) in [4.78, 5) is 2.89. The molecule has 2 aromatic carbocycles. The molecule has 9 rings (SSSR count). The van der Waals surface area contributed by atoms with E-state index < -0.39 is 0 Å². The highest BCUT2D eigenvalue weighted by molar-refractivity contribution is 5.63. The van der Waals surface area contributed by atoms with E-state index >= 15 is 0 Å². The summed E-state index contributed by atoms with van der Waals surface area (Å²) in [6.45, 7) is 3.71. The van der Waals surface area contributed by atoms with E-state index in [1.165, 1.54) is 42.5 Å². The van der Waals surface area contributed by atoms with Crippen molar-refractivity contribution in [3.05, 3.63) is 53.1 Å². The molecule has 5 aliphatic carbocycles. The molecule has 2 aliphatic heterocycles. The van der Waals surface area contributed by atoms with Crippen LogP contribution in [0.5, 0.6) is 17.2 Å². The minimum atomic E-state index is -0.358. The minimum absolute atomic E-state index is 0.00279. The topological polar surface area (TPSA) is 49.4 Å². The molecule has 7 aliphatic rings. The highest BCUT2D eigenvalue weighted by atomic mass is 16.6. The van der Waals surface area contributed by atoms with Gasteiger partial charge in [0.25, 0.3) is 0 Å². The molecular formula is C33H41NO5. The van der Waals surface area contributed by atoms with E-state index in [9.17, 15) is 0 Å². The molecule has 4 bridgehead atoms. The summed E-state index contributed by atoms with van der Waals surface area (Å²) in [7, 11) is 5.39. The first kappa shape index (κ1) is 24.5. The highest BCUT2D eigenvalue weighted by Gasteiger charge is 2.80. The molecule has 5 fully saturated rings. The van der Waals surface area contributed by atoms with Crippen molar-refractivity contribution >= 4 is 0 Å². The Balaban J connectivity index is 1.18. The van der Waals surface area contributed by atoms with E-state index in [4.69, 9.17) is 23.7 Å². The number of methoxy groups -OCH3 is 3. The molecule has 0 N–H and O–H groups in total. The first-order valence-corrected chi connectivity index (χ1v) is 15.0. The molecule has 0 radical (unpaired) electrons. The van der Waals surface area contributed by atoms with E-state index in [-0.39, 0.29) is 28.5 Å². The van der Waals surface area contributed by atoms with Crippen molar-refractivity contribution < 1.29 is 23.7 Å². The third-order valence-electron chi connectivity index (χ3n) is 11.8. The van der Waals surface area contributed by atoms with Gasteiger partial charge in [-0.25, -0.2) is 0 Å². The summed E-state index contributed by atoms with van der Waals surface area (Å²) in [5.74, 6) is 3.94. The van der Waals surface area contributed by atoms with Crippen molar-refractivity contribution in [2.75, 3.05) is 41.0 Å². The van der Waals surface area contributed by atoms with Crippen LogP contribution in [0.3, 0.4) is 0 Å². The van der Waals surface area contributed by atoms with Crippen molar-refractivity contribution in [3.8, 4) is 17.2 Å². The Labute approximate surface area is 231 Å². The van der Waals surface area contributed by atoms with Gasteiger partial charge in [0.1, 0.15) is 17.5 Å². The predicted molar refractivity (Wildman–Crippen MR) is 148 cm³/mol. The average molecular weight is 532 g/mol. The number of hydrogen-bond acceptors (Lipinski definition) is 6. The fraction of sp³-hybridized carbons (Fsp3) is 0.636. The summed E-state index contributed by atoms with van der Waals surface area (Å²) < 4.78 is 31.5. The maximum Gasteiger partial charge on any atom is 0.165 e. The highest BCUT2D eigenvalue weighted by Crippen LogP contribution is 2.76. The lowest BCUT2D eigenvalue weighted by molar-refractivity contribution is -0.283. The zero-order valence-electron chi connectivity index (χ0n) is 23.5. The Morgan fingerprint density at radius 3 is 2.56 bits per heavy atom. The van der Waals surface area contributed by atoms with Crippen LogP contribution < -0.4 is 14.2 Å². The van der Waals surface area contributed by atoms with Crippen molar-refractivity contribution in [1.29, 1.82) is 0 Å². The van der Waals surface area contributed by atoms with Gasteiger partial charge in [0.05, 0.1) is 27.4 Å². The van der Waals surface area contributed by atoms with Gasteiger partial charge in [-0.2, -0.15) is 0 Å². The largest absolute Gasteiger partial charge is 0.497 e. The Kier molecular flexibility index (Phi) is 5.41. The van der Waals surface area contributed by atoms with Crippen LogP contribution in [-0.2, 0) is 27.9 Å². The van der Waals surface area contributed by atoms with Crippen LogP contribution in [0.15, 0.2) is 36.4 Å². The molecule has 0 unspecified atom stereocenters. The van der Waals surface area contributed by atoms with E-state index in [1.807, 2.05) is 19.2 Å². The maximum absolute atomic E-state index is 7.13. The van der Waals surface area contributed by atoms with Crippen LogP contribution in [0, 0.1) is 17.3 Å². The van der Waals surface area contributed by atoms with Crippen LogP contribution >= 0.6 is 0 Å². The lowest BCUT2D eigenvalue weighted by atomic mass is 9.35. The first-order chi connectivity index (χ1) is 19.1. The molecule has 39 heavy (non-hydrogen) atoms. The molecule has 2 aromatic rings. The lowest BCUT2D eigenvalue weighted by Crippen LogP contribution is -2.81. The third-order valence-corrected chi connectivity index (χ3v) is 11.8. The Morgan fingerprint density at radius 1 is 0.974 bits per heavy atom. The Hall–Kier alpha value is -2.28. The van der Waals surface area contributed by atoms with Crippen molar-refractivity contribution in [1.82, 2.24) is 4.90 Å². The van der Waals surface area contributed by atoms with Gasteiger partial charge in [-0.1, -0.05) is 18.2 Å². The molecule has 208 valence electrons. The SMILES string of the molecule is COc1ccc(COC[C@H]2C[C@@]34CC[C@]2(OC)[C@@H]2Oc5c(OC)ccc6c5[C@@]23CCN(CC2CC2)[C@@H]4C6)cc1. The Morgan fingerprint density at radius 2 is 1.82 bits per heavy atom. The standard InChI is InChI=1S/C33H41NO5/c1-35-25-9-6-22(7-10-25)19-38-20-24-17-31-12-13-33(24,37-3)30-32(31)14-15-34(18-21-4-5-21)27(31)16-23-8-11-26(36-2)29(39-30)28(23)32/h6-11,21,24,27,30H,4-5,12-20H2,1-3H3/t24-,27-,30-,31-,32+,33-/m1/s1. The number of rotatable bonds is 9. The van der Waals surface area contributed by atoms with Gasteiger partial charge in [-0.05, 0) is 86.7 Å². The number of nitrogens with zero attached hydrogens (tertiary/aromatic N) is 1. The van der Waals surface area contributed by atoms with Gasteiger partial charge in [0, 0.05) is 42.0 Å². The lowest BCUT2D eigenvalue weighted by Gasteiger charge is -2.74. The number of ether oxygens (including phenoxy) is 5. The molecule has 6 heteroatoms. The maximum atomic E-state index is 7.13. The number of likely N-dealkylation sites (tertiary alicyclic amines) is 1. The third kappa shape index (κ3) is 3.14. The zero-order chi connectivity index (χ0) is 26.4. The van der Waals surface area contributed by atoms with Gasteiger partial charge in [-0.3, -0.25) is 4.90 Å². The molecule has 0 amide bonds. The quantitative estimate of drug-likeness (QED) is 0.446. The van der Waals surface area contributed by atoms with E-state index in [0.29, 0.717) is 19.3 Å². The van der Waals surface area contributed by atoms with Gasteiger partial charge in [0.15, 0.2) is 11.5 Å². The van der Waals surface area contributed by atoms with Crippen molar-refractivity contribution in [2.45, 2.75) is 74.7 Å². The van der Waals surface area contributed by atoms with Gasteiger partial charge >= 0.3 is 0 Å². The summed E-state index contributed by atoms with van der Waals surface area (Å²) in [5, 5.41) is 0. The molecule has 2 heterocycles. The smallest absolute Gasteiger partial charge is 0.165 e. The molecule has 4 saturated carbocycles. The molecule has 0 aromatic heterocycles. The Bertz CT molecular complexity index is 1280. The van der Waals surface area contributed by atoms with E-state index in [2.05, 4.69) is 29.2 Å². The fourth-order valence-electron chi connectivity index (χ4n) is 9.94. The molecule has 1 saturated heterocycles. The summed E-state index contributed by atoms with van der Waals surface area (Å²) in [6.07, 6.45) is 8.46. The first-order valence-electron chi connectivity index (χ1n) is 15.0. The molecule has 6 nitrogen and oxygen atoms in total. The summed E-state index contributed by atoms with van der Waals surface area (Å²) in [5.41, 5.74) is 3.94. The normalized spacial score (nSPS) is 37.4. The van der Waals surface area contributed by atoms with Crippen LogP contribution in [0.4, 0.5) is 0 Å². The second-order valence-electron chi connectivity index (χ2n) is 13.1. The van der Waals surface area contributed by atoms with Gasteiger partial charge in [0.2, 0.25) is 0 Å².